The molecule has 0 aliphatic rings. The van der Waals surface area contributed by atoms with Gasteiger partial charge in [0, 0.05) is 18.4 Å². The van der Waals surface area contributed by atoms with E-state index >= 15 is 0 Å². The Morgan fingerprint density at radius 3 is 2.31 bits per heavy atom. The lowest BCUT2D eigenvalue weighted by Crippen LogP contribution is -2.25. The molecule has 0 spiro atoms. The van der Waals surface area contributed by atoms with Gasteiger partial charge in [0.25, 0.3) is 0 Å². The molecule has 2 aromatic carbocycles. The number of aryl methyl sites for hydroxylation is 3. The normalized spacial score (nSPS) is 11.7. The van der Waals surface area contributed by atoms with Crippen LogP contribution in [0.1, 0.15) is 27.9 Å². The SMILES string of the molecule is Cc1ccc(Cn2cccc2CNS(=O)(=O)c2ccc(C)cc2C)cc1. The van der Waals surface area contributed by atoms with Gasteiger partial charge in [0.2, 0.25) is 10.0 Å². The number of aromatic nitrogens is 1. The second kappa shape index (κ2) is 7.48. The zero-order valence-corrected chi connectivity index (χ0v) is 16.2. The van der Waals surface area contributed by atoms with Gasteiger partial charge >= 0.3 is 0 Å². The third-order valence-electron chi connectivity index (χ3n) is 4.46. The molecule has 0 bridgehead atoms. The van der Waals surface area contributed by atoms with E-state index in [0.29, 0.717) is 11.4 Å². The van der Waals surface area contributed by atoms with E-state index < -0.39 is 10.0 Å². The highest BCUT2D eigenvalue weighted by Crippen LogP contribution is 2.17. The van der Waals surface area contributed by atoms with Gasteiger partial charge in [-0.2, -0.15) is 0 Å². The lowest BCUT2D eigenvalue weighted by molar-refractivity contribution is 0.577. The first kappa shape index (κ1) is 18.4. The standard InChI is InChI=1S/C21H24N2O2S/c1-16-6-9-19(10-7-16)15-23-12-4-5-20(23)14-22-26(24,25)21-11-8-17(2)13-18(21)3/h4-13,22H,14-15H2,1-3H3. The van der Waals surface area contributed by atoms with Crippen molar-refractivity contribution in [2.24, 2.45) is 0 Å². The minimum absolute atomic E-state index is 0.258. The maximum absolute atomic E-state index is 12.6. The third kappa shape index (κ3) is 4.23. The van der Waals surface area contributed by atoms with Crippen LogP contribution in [0.5, 0.6) is 0 Å². The molecule has 0 aliphatic heterocycles. The maximum atomic E-state index is 12.6. The van der Waals surface area contributed by atoms with Crippen molar-refractivity contribution in [3.8, 4) is 0 Å². The van der Waals surface area contributed by atoms with Crippen molar-refractivity contribution in [3.05, 3.63) is 88.7 Å². The Morgan fingerprint density at radius 2 is 1.62 bits per heavy atom. The van der Waals surface area contributed by atoms with Crippen LogP contribution in [-0.2, 0) is 23.1 Å². The van der Waals surface area contributed by atoms with Gasteiger partial charge in [-0.1, -0.05) is 47.5 Å². The van der Waals surface area contributed by atoms with Crippen LogP contribution in [0.15, 0.2) is 65.7 Å². The van der Waals surface area contributed by atoms with Crippen LogP contribution < -0.4 is 4.72 Å². The largest absolute Gasteiger partial charge is 0.346 e. The molecule has 3 aromatic rings. The maximum Gasteiger partial charge on any atom is 0.241 e. The molecular weight excluding hydrogens is 344 g/mol. The fourth-order valence-corrected chi connectivity index (χ4v) is 4.23. The Bertz CT molecular complexity index is 1000. The van der Waals surface area contributed by atoms with Gasteiger partial charge in [-0.3, -0.25) is 0 Å². The van der Waals surface area contributed by atoms with Crippen molar-refractivity contribution < 1.29 is 8.42 Å². The summed E-state index contributed by atoms with van der Waals surface area (Å²) in [5.74, 6) is 0. The highest BCUT2D eigenvalue weighted by atomic mass is 32.2. The molecule has 26 heavy (non-hydrogen) atoms. The van der Waals surface area contributed by atoms with Crippen molar-refractivity contribution in [3.63, 3.8) is 0 Å². The van der Waals surface area contributed by atoms with Crippen LogP contribution in [0.2, 0.25) is 0 Å². The summed E-state index contributed by atoms with van der Waals surface area (Å²) in [5, 5.41) is 0. The van der Waals surface area contributed by atoms with E-state index in [1.807, 2.05) is 44.3 Å². The molecule has 0 aliphatic carbocycles. The summed E-state index contributed by atoms with van der Waals surface area (Å²) in [4.78, 5) is 0.333. The summed E-state index contributed by atoms with van der Waals surface area (Å²) in [5.41, 5.74) is 5.15. The Balaban J connectivity index is 1.74. The smallest absolute Gasteiger partial charge is 0.241 e. The summed E-state index contributed by atoms with van der Waals surface area (Å²) in [6.45, 7) is 6.81. The highest BCUT2D eigenvalue weighted by Gasteiger charge is 2.17. The summed E-state index contributed by atoms with van der Waals surface area (Å²) >= 11 is 0. The van der Waals surface area contributed by atoms with Crippen LogP contribution in [0.3, 0.4) is 0 Å². The molecule has 1 N–H and O–H groups in total. The van der Waals surface area contributed by atoms with Gasteiger partial charge in [-0.15, -0.1) is 0 Å². The van der Waals surface area contributed by atoms with Gasteiger partial charge < -0.3 is 4.57 Å². The lowest BCUT2D eigenvalue weighted by Gasteiger charge is -2.13. The fourth-order valence-electron chi connectivity index (χ4n) is 3.00. The Labute approximate surface area is 155 Å². The molecule has 0 unspecified atom stereocenters. The van der Waals surface area contributed by atoms with Crippen LogP contribution in [0, 0.1) is 20.8 Å². The Morgan fingerprint density at radius 1 is 0.923 bits per heavy atom. The topological polar surface area (TPSA) is 51.1 Å². The molecule has 1 aromatic heterocycles. The molecule has 0 amide bonds. The van der Waals surface area contributed by atoms with E-state index in [4.69, 9.17) is 0 Å². The predicted molar refractivity (Wildman–Crippen MR) is 105 cm³/mol. The van der Waals surface area contributed by atoms with Crippen molar-refractivity contribution in [2.75, 3.05) is 0 Å². The van der Waals surface area contributed by atoms with E-state index in [1.165, 1.54) is 11.1 Å². The molecule has 0 fully saturated rings. The zero-order valence-electron chi connectivity index (χ0n) is 15.4. The first-order valence-electron chi connectivity index (χ1n) is 8.62. The number of rotatable bonds is 6. The molecule has 0 saturated heterocycles. The lowest BCUT2D eigenvalue weighted by atomic mass is 10.1. The van der Waals surface area contributed by atoms with Crippen LogP contribution in [-0.4, -0.2) is 13.0 Å². The number of sulfonamides is 1. The van der Waals surface area contributed by atoms with E-state index in [2.05, 4.69) is 40.5 Å². The molecule has 136 valence electrons. The first-order chi connectivity index (χ1) is 12.3. The molecular formula is C21H24N2O2S. The molecule has 1 heterocycles. The monoisotopic (exact) mass is 368 g/mol. The molecule has 0 radical (unpaired) electrons. The highest BCUT2D eigenvalue weighted by molar-refractivity contribution is 7.89. The summed E-state index contributed by atoms with van der Waals surface area (Å²) in [6.07, 6.45) is 1.97. The molecule has 0 saturated carbocycles. The molecule has 5 heteroatoms. The van der Waals surface area contributed by atoms with Crippen LogP contribution in [0.25, 0.3) is 0 Å². The van der Waals surface area contributed by atoms with E-state index in [1.54, 1.807) is 6.07 Å². The average Bonchev–Trinajstić information content (AvgIpc) is 3.02. The number of nitrogens with zero attached hydrogens (tertiary/aromatic N) is 1. The first-order valence-corrected chi connectivity index (χ1v) is 10.1. The number of hydrogen-bond donors (Lipinski definition) is 1. The van der Waals surface area contributed by atoms with Gasteiger partial charge in [0.1, 0.15) is 0 Å². The average molecular weight is 369 g/mol. The Hall–Kier alpha value is -2.37. The second-order valence-electron chi connectivity index (χ2n) is 6.71. The molecule has 0 atom stereocenters. The van der Waals surface area contributed by atoms with Gasteiger partial charge in [0.15, 0.2) is 0 Å². The van der Waals surface area contributed by atoms with E-state index in [-0.39, 0.29) is 6.54 Å². The fraction of sp³-hybridized carbons (Fsp3) is 0.238. The molecule has 3 rings (SSSR count). The van der Waals surface area contributed by atoms with Crippen molar-refractivity contribution in [2.45, 2.75) is 38.8 Å². The third-order valence-corrected chi connectivity index (χ3v) is 6.02. The van der Waals surface area contributed by atoms with E-state index in [9.17, 15) is 8.42 Å². The van der Waals surface area contributed by atoms with E-state index in [0.717, 1.165) is 16.8 Å². The number of nitrogens with one attached hydrogen (secondary N) is 1. The minimum atomic E-state index is -3.54. The minimum Gasteiger partial charge on any atom is -0.346 e. The predicted octanol–water partition coefficient (Wildman–Crippen LogP) is 3.94. The van der Waals surface area contributed by atoms with Crippen molar-refractivity contribution in [1.82, 2.24) is 9.29 Å². The summed E-state index contributed by atoms with van der Waals surface area (Å²) in [6, 6.07) is 17.6. The Kier molecular flexibility index (Phi) is 5.30. The zero-order chi connectivity index (χ0) is 18.7. The summed E-state index contributed by atoms with van der Waals surface area (Å²) in [7, 11) is -3.54. The van der Waals surface area contributed by atoms with Gasteiger partial charge in [-0.25, -0.2) is 13.1 Å². The summed E-state index contributed by atoms with van der Waals surface area (Å²) < 4.78 is 30.1. The van der Waals surface area contributed by atoms with Crippen molar-refractivity contribution in [1.29, 1.82) is 0 Å². The van der Waals surface area contributed by atoms with Crippen LogP contribution in [0.4, 0.5) is 0 Å². The quantitative estimate of drug-likeness (QED) is 0.716. The number of hydrogen-bond acceptors (Lipinski definition) is 2. The van der Waals surface area contributed by atoms with Gasteiger partial charge in [-0.05, 0) is 50.1 Å². The number of benzene rings is 2. The molecule has 4 nitrogen and oxygen atoms in total. The van der Waals surface area contributed by atoms with Gasteiger partial charge in [0.05, 0.1) is 11.4 Å². The van der Waals surface area contributed by atoms with Crippen LogP contribution >= 0.6 is 0 Å². The van der Waals surface area contributed by atoms with Crippen molar-refractivity contribution >= 4 is 10.0 Å². The second-order valence-corrected chi connectivity index (χ2v) is 8.44.